The molecule has 0 N–H and O–H groups in total. The third-order valence-corrected chi connectivity index (χ3v) is 5.46. The molecule has 1 aromatic carbocycles. The fourth-order valence-corrected chi connectivity index (χ4v) is 4.12. The molecule has 1 aromatic rings. The molecular weight excluding hydrogens is 453 g/mol. The fraction of sp³-hybridized carbons (Fsp3) is 0.444. The van der Waals surface area contributed by atoms with Gasteiger partial charge in [-0.05, 0) is 85.3 Å². The molecule has 0 aliphatic carbocycles. The summed E-state index contributed by atoms with van der Waals surface area (Å²) in [6.45, 7) is 8.73. The van der Waals surface area contributed by atoms with E-state index in [4.69, 9.17) is 9.47 Å². The second kappa shape index (κ2) is 8.93. The molecule has 0 spiro atoms. The highest BCUT2D eigenvalue weighted by molar-refractivity contribution is 14.1. The lowest BCUT2D eigenvalue weighted by molar-refractivity contribution is -0.124. The van der Waals surface area contributed by atoms with E-state index in [1.807, 2.05) is 39.8 Å². The summed E-state index contributed by atoms with van der Waals surface area (Å²) in [5, 5.41) is -0.212. The zero-order chi connectivity index (χ0) is 18.6. The predicted octanol–water partition coefficient (Wildman–Crippen LogP) is 4.92. The largest absolute Gasteiger partial charge is 0.490 e. The molecule has 2 amide bonds. The van der Waals surface area contributed by atoms with Crippen LogP contribution in [-0.2, 0) is 4.79 Å². The molecule has 1 saturated heterocycles. The van der Waals surface area contributed by atoms with Gasteiger partial charge in [0, 0.05) is 6.04 Å². The van der Waals surface area contributed by atoms with Gasteiger partial charge >= 0.3 is 0 Å². The number of carbonyl (C=O) groups excluding carboxylic acids is 2. The van der Waals surface area contributed by atoms with Crippen molar-refractivity contribution in [2.24, 2.45) is 0 Å². The van der Waals surface area contributed by atoms with Crippen LogP contribution in [0.4, 0.5) is 4.79 Å². The Bertz CT molecular complexity index is 705. The van der Waals surface area contributed by atoms with Crippen molar-refractivity contribution in [3.05, 3.63) is 26.2 Å². The summed E-state index contributed by atoms with van der Waals surface area (Å²) in [4.78, 5) is 26.5. The van der Waals surface area contributed by atoms with Crippen LogP contribution in [-0.4, -0.2) is 35.3 Å². The highest BCUT2D eigenvalue weighted by Crippen LogP contribution is 2.38. The first-order valence-corrected chi connectivity index (χ1v) is 10.2. The lowest BCUT2D eigenvalue weighted by Crippen LogP contribution is -2.36. The van der Waals surface area contributed by atoms with E-state index >= 15 is 0 Å². The standard InChI is InChI=1S/C18H22INO4S/c1-5-11(4)20-17(21)15(25-18(20)22)10-12-8-13(19)16(24-7-3)14(9-12)23-6-2/h8-11H,5-7H2,1-4H3/b15-10+/t11-/m1/s1. The van der Waals surface area contributed by atoms with Crippen molar-refractivity contribution in [3.63, 3.8) is 0 Å². The highest BCUT2D eigenvalue weighted by Gasteiger charge is 2.37. The van der Waals surface area contributed by atoms with Crippen LogP contribution in [0.1, 0.15) is 39.7 Å². The van der Waals surface area contributed by atoms with Crippen LogP contribution in [0.25, 0.3) is 6.08 Å². The first-order valence-electron chi connectivity index (χ1n) is 8.29. The van der Waals surface area contributed by atoms with Gasteiger partial charge < -0.3 is 9.47 Å². The smallest absolute Gasteiger partial charge is 0.293 e. The Morgan fingerprint density at radius 1 is 1.20 bits per heavy atom. The van der Waals surface area contributed by atoms with Crippen molar-refractivity contribution >= 4 is 51.6 Å². The molecule has 0 saturated carbocycles. The van der Waals surface area contributed by atoms with Crippen LogP contribution in [0.5, 0.6) is 11.5 Å². The first kappa shape index (κ1) is 20.1. The summed E-state index contributed by atoms with van der Waals surface area (Å²) in [6.07, 6.45) is 2.48. The zero-order valence-corrected chi connectivity index (χ0v) is 17.8. The van der Waals surface area contributed by atoms with Crippen LogP contribution < -0.4 is 9.47 Å². The maximum Gasteiger partial charge on any atom is 0.293 e. The number of nitrogens with zero attached hydrogens (tertiary/aromatic N) is 1. The minimum Gasteiger partial charge on any atom is -0.490 e. The van der Waals surface area contributed by atoms with E-state index in [9.17, 15) is 9.59 Å². The van der Waals surface area contributed by atoms with Crippen molar-refractivity contribution in [2.45, 2.75) is 40.2 Å². The van der Waals surface area contributed by atoms with E-state index in [0.717, 1.165) is 27.3 Å². The van der Waals surface area contributed by atoms with E-state index in [1.165, 1.54) is 4.90 Å². The molecule has 1 atom stereocenters. The van der Waals surface area contributed by atoms with E-state index in [2.05, 4.69) is 22.6 Å². The number of thioether (sulfide) groups is 1. The van der Waals surface area contributed by atoms with Crippen LogP contribution in [0.3, 0.4) is 0 Å². The van der Waals surface area contributed by atoms with Crippen LogP contribution >= 0.6 is 34.4 Å². The third-order valence-electron chi connectivity index (χ3n) is 3.77. The Kier molecular flexibility index (Phi) is 7.18. The van der Waals surface area contributed by atoms with Gasteiger partial charge in [-0.15, -0.1) is 0 Å². The minimum absolute atomic E-state index is 0.0992. The van der Waals surface area contributed by atoms with Crippen LogP contribution in [0.2, 0.25) is 0 Å². The normalized spacial score (nSPS) is 17.3. The van der Waals surface area contributed by atoms with Crippen molar-refractivity contribution < 1.29 is 19.1 Å². The molecule has 0 unspecified atom stereocenters. The van der Waals surface area contributed by atoms with E-state index in [1.54, 1.807) is 6.08 Å². The molecule has 1 heterocycles. The van der Waals surface area contributed by atoms with Crippen LogP contribution in [0.15, 0.2) is 17.0 Å². The number of halogens is 1. The molecule has 0 aromatic heterocycles. The number of amides is 2. The number of ether oxygens (including phenoxy) is 2. The quantitative estimate of drug-likeness (QED) is 0.414. The molecule has 0 radical (unpaired) electrons. The second-order valence-electron chi connectivity index (χ2n) is 5.50. The van der Waals surface area contributed by atoms with Crippen LogP contribution in [0, 0.1) is 3.57 Å². The first-order chi connectivity index (χ1) is 11.9. The lowest BCUT2D eigenvalue weighted by atomic mass is 10.1. The second-order valence-corrected chi connectivity index (χ2v) is 7.66. The maximum absolute atomic E-state index is 12.5. The highest BCUT2D eigenvalue weighted by atomic mass is 127. The number of imide groups is 1. The summed E-state index contributed by atoms with van der Waals surface area (Å²) < 4.78 is 12.2. The molecule has 1 fully saturated rings. The number of carbonyl (C=O) groups is 2. The van der Waals surface area contributed by atoms with Gasteiger partial charge in [-0.2, -0.15) is 0 Å². The van der Waals surface area contributed by atoms with Gasteiger partial charge in [0.1, 0.15) is 0 Å². The predicted molar refractivity (Wildman–Crippen MR) is 109 cm³/mol. The number of hydrogen-bond acceptors (Lipinski definition) is 5. The summed E-state index contributed by atoms with van der Waals surface area (Å²) >= 11 is 3.17. The molecule has 1 aliphatic rings. The average Bonchev–Trinajstić information content (AvgIpc) is 2.84. The van der Waals surface area contributed by atoms with Crippen molar-refractivity contribution in [3.8, 4) is 11.5 Å². The molecule has 136 valence electrons. The Morgan fingerprint density at radius 3 is 2.48 bits per heavy atom. The molecule has 7 heteroatoms. The summed E-state index contributed by atoms with van der Waals surface area (Å²) in [5.74, 6) is 1.12. The average molecular weight is 475 g/mol. The Labute approximate surface area is 166 Å². The minimum atomic E-state index is -0.230. The molecule has 2 rings (SSSR count). The Morgan fingerprint density at radius 2 is 1.88 bits per heavy atom. The number of rotatable bonds is 7. The zero-order valence-electron chi connectivity index (χ0n) is 14.8. The van der Waals surface area contributed by atoms with Gasteiger partial charge in [-0.1, -0.05) is 6.92 Å². The lowest BCUT2D eigenvalue weighted by Gasteiger charge is -2.19. The van der Waals surface area contributed by atoms with Crippen molar-refractivity contribution in [1.29, 1.82) is 0 Å². The molecule has 25 heavy (non-hydrogen) atoms. The van der Waals surface area contributed by atoms with Gasteiger partial charge in [0.2, 0.25) is 0 Å². The van der Waals surface area contributed by atoms with E-state index in [0.29, 0.717) is 29.6 Å². The Balaban J connectivity index is 2.38. The third kappa shape index (κ3) is 4.49. The van der Waals surface area contributed by atoms with E-state index < -0.39 is 0 Å². The van der Waals surface area contributed by atoms with Crippen molar-refractivity contribution in [2.75, 3.05) is 13.2 Å². The summed E-state index contributed by atoms with van der Waals surface area (Å²) in [7, 11) is 0. The number of hydrogen-bond donors (Lipinski definition) is 0. The number of benzene rings is 1. The molecule has 5 nitrogen and oxygen atoms in total. The molecule has 1 aliphatic heterocycles. The molecule has 0 bridgehead atoms. The van der Waals surface area contributed by atoms with Gasteiger partial charge in [-0.25, -0.2) is 0 Å². The van der Waals surface area contributed by atoms with Gasteiger partial charge in [-0.3, -0.25) is 14.5 Å². The van der Waals surface area contributed by atoms with Gasteiger partial charge in [0.05, 0.1) is 21.7 Å². The molecular formula is C18H22INO4S. The van der Waals surface area contributed by atoms with Gasteiger partial charge in [0.15, 0.2) is 11.5 Å². The SMILES string of the molecule is CCOc1cc(/C=C2/SC(=O)N([C@H](C)CC)C2=O)cc(I)c1OCC. The summed E-state index contributed by atoms with van der Waals surface area (Å²) in [6, 6.07) is 3.66. The van der Waals surface area contributed by atoms with Crippen molar-refractivity contribution in [1.82, 2.24) is 4.90 Å². The fourth-order valence-electron chi connectivity index (χ4n) is 2.41. The summed E-state index contributed by atoms with van der Waals surface area (Å²) in [5.41, 5.74) is 0.811. The van der Waals surface area contributed by atoms with E-state index in [-0.39, 0.29) is 17.2 Å². The maximum atomic E-state index is 12.5. The topological polar surface area (TPSA) is 55.8 Å². The Hall–Kier alpha value is -1.22. The van der Waals surface area contributed by atoms with Gasteiger partial charge in [0.25, 0.3) is 11.1 Å². The monoisotopic (exact) mass is 475 g/mol.